The van der Waals surface area contributed by atoms with Gasteiger partial charge in [-0.3, -0.25) is 9.59 Å². The van der Waals surface area contributed by atoms with Crippen LogP contribution in [-0.2, 0) is 4.79 Å². The van der Waals surface area contributed by atoms with Crippen LogP contribution < -0.4 is 10.6 Å². The fraction of sp³-hybridized carbons (Fsp3) is 0.227. The highest BCUT2D eigenvalue weighted by Gasteiger charge is 2.19. The Balaban J connectivity index is 1.65. The molecule has 2 aromatic carbocycles. The van der Waals surface area contributed by atoms with E-state index in [1.807, 2.05) is 62.5 Å². The van der Waals surface area contributed by atoms with E-state index in [-0.39, 0.29) is 17.1 Å². The Hall–Kier alpha value is -2.64. The average molecular weight is 426 g/mol. The number of hydrogen-bond acceptors (Lipinski definition) is 5. The Labute approximate surface area is 179 Å². The number of thioether (sulfide) groups is 1. The summed E-state index contributed by atoms with van der Waals surface area (Å²) in [4.78, 5) is 30.2. The van der Waals surface area contributed by atoms with Crippen LogP contribution in [0.1, 0.15) is 35.0 Å². The van der Waals surface area contributed by atoms with Crippen LogP contribution in [0.5, 0.6) is 0 Å². The van der Waals surface area contributed by atoms with Gasteiger partial charge in [0.2, 0.25) is 5.91 Å². The molecule has 0 saturated heterocycles. The first-order valence-electron chi connectivity index (χ1n) is 9.32. The number of hydrogen-bond donors (Lipinski definition) is 2. The van der Waals surface area contributed by atoms with Gasteiger partial charge in [0, 0.05) is 21.5 Å². The van der Waals surface area contributed by atoms with Crippen molar-refractivity contribution in [2.45, 2.75) is 37.3 Å². The molecular weight excluding hydrogens is 402 g/mol. The fourth-order valence-electron chi connectivity index (χ4n) is 2.64. The van der Waals surface area contributed by atoms with Gasteiger partial charge in [-0.25, -0.2) is 4.98 Å². The number of rotatable bonds is 7. The highest BCUT2D eigenvalue weighted by atomic mass is 32.2. The molecule has 0 radical (unpaired) electrons. The van der Waals surface area contributed by atoms with Crippen LogP contribution in [-0.4, -0.2) is 22.0 Å². The molecule has 3 rings (SSSR count). The molecule has 1 heterocycles. The zero-order chi connectivity index (χ0) is 20.8. The highest BCUT2D eigenvalue weighted by Crippen LogP contribution is 2.29. The number of aryl methyl sites for hydroxylation is 2. The third kappa shape index (κ3) is 5.92. The van der Waals surface area contributed by atoms with E-state index >= 15 is 0 Å². The highest BCUT2D eigenvalue weighted by molar-refractivity contribution is 8.00. The predicted molar refractivity (Wildman–Crippen MR) is 121 cm³/mol. The third-order valence-corrected chi connectivity index (χ3v) is 6.43. The van der Waals surface area contributed by atoms with Crippen molar-refractivity contribution in [1.29, 1.82) is 0 Å². The van der Waals surface area contributed by atoms with Gasteiger partial charge in [-0.1, -0.05) is 30.7 Å². The number of anilines is 2. The van der Waals surface area contributed by atoms with Crippen LogP contribution in [0, 0.1) is 13.8 Å². The second-order valence-electron chi connectivity index (χ2n) is 6.65. The quantitative estimate of drug-likeness (QED) is 0.489. The van der Waals surface area contributed by atoms with Gasteiger partial charge >= 0.3 is 0 Å². The molecular formula is C22H23N3O2S2. The lowest BCUT2D eigenvalue weighted by atomic mass is 10.1. The van der Waals surface area contributed by atoms with Crippen LogP contribution in [0.15, 0.2) is 58.8 Å². The van der Waals surface area contributed by atoms with Crippen LogP contribution in [0.3, 0.4) is 0 Å². The molecule has 0 saturated carbocycles. The van der Waals surface area contributed by atoms with Gasteiger partial charge in [-0.05, 0) is 50.6 Å². The summed E-state index contributed by atoms with van der Waals surface area (Å²) in [6.07, 6.45) is 0.681. The number of aromatic nitrogens is 1. The zero-order valence-electron chi connectivity index (χ0n) is 16.6. The van der Waals surface area contributed by atoms with Gasteiger partial charge in [0.1, 0.15) is 0 Å². The monoisotopic (exact) mass is 425 g/mol. The van der Waals surface area contributed by atoms with E-state index in [4.69, 9.17) is 0 Å². The van der Waals surface area contributed by atoms with Crippen molar-refractivity contribution in [2.24, 2.45) is 0 Å². The molecule has 1 unspecified atom stereocenters. The molecule has 29 heavy (non-hydrogen) atoms. The summed E-state index contributed by atoms with van der Waals surface area (Å²) in [6.45, 7) is 5.86. The van der Waals surface area contributed by atoms with Crippen LogP contribution >= 0.6 is 23.1 Å². The van der Waals surface area contributed by atoms with Crippen molar-refractivity contribution in [1.82, 2.24) is 4.98 Å². The van der Waals surface area contributed by atoms with Crippen molar-refractivity contribution in [3.63, 3.8) is 0 Å². The van der Waals surface area contributed by atoms with Gasteiger partial charge in [0.25, 0.3) is 5.91 Å². The zero-order valence-corrected chi connectivity index (χ0v) is 18.2. The topological polar surface area (TPSA) is 71.1 Å². The maximum atomic E-state index is 12.6. The van der Waals surface area contributed by atoms with Crippen LogP contribution in [0.2, 0.25) is 0 Å². The first kappa shape index (κ1) is 21.1. The lowest BCUT2D eigenvalue weighted by Crippen LogP contribution is -2.24. The molecule has 1 aromatic heterocycles. The van der Waals surface area contributed by atoms with E-state index in [2.05, 4.69) is 15.6 Å². The van der Waals surface area contributed by atoms with Gasteiger partial charge in [0.15, 0.2) is 5.13 Å². The van der Waals surface area contributed by atoms with Crippen molar-refractivity contribution < 1.29 is 9.59 Å². The lowest BCUT2D eigenvalue weighted by Gasteiger charge is -2.14. The Kier molecular flexibility index (Phi) is 7.06. The molecule has 0 aliphatic rings. The first-order chi connectivity index (χ1) is 13.9. The molecule has 0 bridgehead atoms. The number of nitrogens with zero attached hydrogens (tertiary/aromatic N) is 1. The molecule has 5 nitrogen and oxygen atoms in total. The molecule has 150 valence electrons. The molecule has 2 amide bonds. The average Bonchev–Trinajstić information content (AvgIpc) is 3.11. The maximum Gasteiger partial charge on any atom is 0.255 e. The summed E-state index contributed by atoms with van der Waals surface area (Å²) >= 11 is 2.90. The maximum absolute atomic E-state index is 12.6. The summed E-state index contributed by atoms with van der Waals surface area (Å²) in [7, 11) is 0. The van der Waals surface area contributed by atoms with Crippen molar-refractivity contribution in [2.75, 3.05) is 10.6 Å². The number of thiazole rings is 1. The minimum Gasteiger partial charge on any atom is -0.322 e. The molecule has 2 N–H and O–H groups in total. The van der Waals surface area contributed by atoms with E-state index in [9.17, 15) is 9.59 Å². The standard InChI is InChI=1S/C22H23N3O2S2/c1-4-19(21(27)25-22-23-15(3)13-28-22)29-18-7-5-6-17(12-18)24-20(26)16-10-8-14(2)9-11-16/h5-13,19H,4H2,1-3H3,(H,24,26)(H,23,25,27). The summed E-state index contributed by atoms with van der Waals surface area (Å²) in [6, 6.07) is 15.0. The number of amides is 2. The van der Waals surface area contributed by atoms with E-state index in [0.29, 0.717) is 22.8 Å². The minimum absolute atomic E-state index is 0.0686. The summed E-state index contributed by atoms with van der Waals surface area (Å²) in [5, 5.41) is 8.08. The van der Waals surface area contributed by atoms with E-state index in [1.165, 1.54) is 23.1 Å². The minimum atomic E-state index is -0.248. The molecule has 1 atom stereocenters. The first-order valence-corrected chi connectivity index (χ1v) is 11.1. The summed E-state index contributed by atoms with van der Waals surface area (Å²) < 4.78 is 0. The number of carbonyl (C=O) groups is 2. The Morgan fingerprint density at radius 1 is 1.10 bits per heavy atom. The van der Waals surface area contributed by atoms with Crippen LogP contribution in [0.4, 0.5) is 10.8 Å². The van der Waals surface area contributed by atoms with Gasteiger partial charge in [-0.2, -0.15) is 0 Å². The molecule has 0 aliphatic carbocycles. The Morgan fingerprint density at radius 3 is 2.52 bits per heavy atom. The number of nitrogens with one attached hydrogen (secondary N) is 2. The smallest absolute Gasteiger partial charge is 0.255 e. The lowest BCUT2D eigenvalue weighted by molar-refractivity contribution is -0.115. The molecule has 0 aliphatic heterocycles. The van der Waals surface area contributed by atoms with E-state index < -0.39 is 0 Å². The number of benzene rings is 2. The molecule has 0 spiro atoms. The van der Waals surface area contributed by atoms with E-state index in [0.717, 1.165) is 16.2 Å². The normalized spacial score (nSPS) is 11.7. The summed E-state index contributed by atoms with van der Waals surface area (Å²) in [5.74, 6) is -0.225. The molecule has 7 heteroatoms. The number of carbonyl (C=O) groups excluding carboxylic acids is 2. The fourth-order valence-corrected chi connectivity index (χ4v) is 4.34. The predicted octanol–water partition coefficient (Wildman–Crippen LogP) is 5.52. The van der Waals surface area contributed by atoms with Crippen molar-refractivity contribution in [3.05, 3.63) is 70.7 Å². The second-order valence-corrected chi connectivity index (χ2v) is 8.78. The molecule has 3 aromatic rings. The van der Waals surface area contributed by atoms with Gasteiger partial charge in [0.05, 0.1) is 10.9 Å². The van der Waals surface area contributed by atoms with Crippen molar-refractivity contribution >= 4 is 45.7 Å². The van der Waals surface area contributed by atoms with Crippen LogP contribution in [0.25, 0.3) is 0 Å². The largest absolute Gasteiger partial charge is 0.322 e. The third-order valence-electron chi connectivity index (χ3n) is 4.20. The van der Waals surface area contributed by atoms with Crippen molar-refractivity contribution in [3.8, 4) is 0 Å². The molecule has 0 fully saturated rings. The second kappa shape index (κ2) is 9.71. The SMILES string of the molecule is CCC(Sc1cccc(NC(=O)c2ccc(C)cc2)c1)C(=O)Nc1nc(C)cs1. The summed E-state index contributed by atoms with van der Waals surface area (Å²) in [5.41, 5.74) is 3.31. The van der Waals surface area contributed by atoms with Gasteiger partial charge in [-0.15, -0.1) is 23.1 Å². The van der Waals surface area contributed by atoms with E-state index in [1.54, 1.807) is 12.1 Å². The Morgan fingerprint density at radius 2 is 1.86 bits per heavy atom. The Bertz CT molecular complexity index is 999. The van der Waals surface area contributed by atoms with Gasteiger partial charge < -0.3 is 10.6 Å².